The summed E-state index contributed by atoms with van der Waals surface area (Å²) in [5.41, 5.74) is 3.39. The molecule has 2 N–H and O–H groups in total. The van der Waals surface area contributed by atoms with Crippen molar-refractivity contribution >= 4 is 33.2 Å². The lowest BCUT2D eigenvalue weighted by Crippen LogP contribution is -2.26. The van der Waals surface area contributed by atoms with Gasteiger partial charge in [-0.15, -0.1) is 0 Å². The van der Waals surface area contributed by atoms with Gasteiger partial charge in [0.25, 0.3) is 5.91 Å². The topological polar surface area (TPSA) is 54.0 Å². The first-order valence-corrected chi connectivity index (χ1v) is 8.52. The molecule has 122 valence electrons. The number of nitrogens with one attached hydrogen (secondary N) is 2. The van der Waals surface area contributed by atoms with Gasteiger partial charge in [0.05, 0.1) is 5.69 Å². The van der Waals surface area contributed by atoms with Crippen molar-refractivity contribution in [3.63, 3.8) is 0 Å². The van der Waals surface area contributed by atoms with Gasteiger partial charge in [-0.05, 0) is 65.0 Å². The molecule has 0 saturated carbocycles. The summed E-state index contributed by atoms with van der Waals surface area (Å²) in [4.78, 5) is 16.3. The predicted molar refractivity (Wildman–Crippen MR) is 98.2 cm³/mol. The van der Waals surface area contributed by atoms with Gasteiger partial charge in [0.1, 0.15) is 5.69 Å². The highest BCUT2D eigenvalue weighted by Gasteiger charge is 2.08. The second kappa shape index (κ2) is 8.11. The minimum absolute atomic E-state index is 0.141. The summed E-state index contributed by atoms with van der Waals surface area (Å²) < 4.78 is 0.984. The zero-order valence-corrected chi connectivity index (χ0v) is 15.3. The Kier molecular flexibility index (Phi) is 6.16. The molecule has 1 aromatic heterocycles. The van der Waals surface area contributed by atoms with Crippen molar-refractivity contribution in [3.05, 3.63) is 52.3 Å². The Balaban J connectivity index is 2.06. The normalized spacial score (nSPS) is 10.7. The Hall–Kier alpha value is -1.88. The summed E-state index contributed by atoms with van der Waals surface area (Å²) >= 11 is 3.54. The summed E-state index contributed by atoms with van der Waals surface area (Å²) in [6, 6.07) is 9.69. The van der Waals surface area contributed by atoms with E-state index in [2.05, 4.69) is 45.4 Å². The monoisotopic (exact) mass is 375 g/mol. The van der Waals surface area contributed by atoms with E-state index in [1.54, 1.807) is 12.3 Å². The first-order chi connectivity index (χ1) is 11.0. The molecule has 1 heterocycles. The van der Waals surface area contributed by atoms with E-state index >= 15 is 0 Å². The molecule has 0 bridgehead atoms. The molecule has 0 unspecified atom stereocenters. The lowest BCUT2D eigenvalue weighted by molar-refractivity contribution is 0.0947. The second-order valence-corrected chi connectivity index (χ2v) is 6.83. The number of nitrogens with zero attached hydrogens (tertiary/aromatic N) is 1. The van der Waals surface area contributed by atoms with E-state index in [0.29, 0.717) is 18.2 Å². The number of hydrogen-bond donors (Lipinski definition) is 2. The SMILES string of the molecule is Cc1ccc(Nc2ccnc(C(=O)NCCC(C)C)c2)c(Br)c1. The number of hydrogen-bond acceptors (Lipinski definition) is 3. The third-order valence-electron chi connectivity index (χ3n) is 3.40. The minimum atomic E-state index is -0.141. The van der Waals surface area contributed by atoms with Gasteiger partial charge in [-0.3, -0.25) is 9.78 Å². The molecular formula is C18H22BrN3O. The van der Waals surface area contributed by atoms with Crippen molar-refractivity contribution in [2.24, 2.45) is 5.92 Å². The van der Waals surface area contributed by atoms with Crippen LogP contribution < -0.4 is 10.6 Å². The molecule has 0 spiro atoms. The molecule has 0 fully saturated rings. The molecule has 1 aromatic carbocycles. The van der Waals surface area contributed by atoms with Gasteiger partial charge in [-0.1, -0.05) is 19.9 Å². The van der Waals surface area contributed by atoms with Gasteiger partial charge in [0, 0.05) is 22.9 Å². The van der Waals surface area contributed by atoms with E-state index in [9.17, 15) is 4.79 Å². The predicted octanol–water partition coefficient (Wildman–Crippen LogP) is 4.67. The molecular weight excluding hydrogens is 354 g/mol. The van der Waals surface area contributed by atoms with E-state index in [4.69, 9.17) is 0 Å². The molecule has 4 nitrogen and oxygen atoms in total. The van der Waals surface area contributed by atoms with Crippen LogP contribution in [0.3, 0.4) is 0 Å². The Bertz CT molecular complexity index is 686. The van der Waals surface area contributed by atoms with Crippen LogP contribution in [0.1, 0.15) is 36.3 Å². The zero-order chi connectivity index (χ0) is 16.8. The first-order valence-electron chi connectivity index (χ1n) is 7.73. The number of carbonyl (C=O) groups excluding carboxylic acids is 1. The Morgan fingerprint density at radius 3 is 2.74 bits per heavy atom. The van der Waals surface area contributed by atoms with Crippen LogP contribution in [0.4, 0.5) is 11.4 Å². The molecule has 0 saturated heterocycles. The largest absolute Gasteiger partial charge is 0.354 e. The van der Waals surface area contributed by atoms with E-state index < -0.39 is 0 Å². The molecule has 5 heteroatoms. The van der Waals surface area contributed by atoms with Crippen LogP contribution >= 0.6 is 15.9 Å². The van der Waals surface area contributed by atoms with Gasteiger partial charge < -0.3 is 10.6 Å². The van der Waals surface area contributed by atoms with Gasteiger partial charge in [0.15, 0.2) is 0 Å². The fraction of sp³-hybridized carbons (Fsp3) is 0.333. The van der Waals surface area contributed by atoms with Gasteiger partial charge in [0.2, 0.25) is 0 Å². The van der Waals surface area contributed by atoms with Crippen molar-refractivity contribution in [2.45, 2.75) is 27.2 Å². The number of anilines is 2. The van der Waals surface area contributed by atoms with E-state index in [0.717, 1.165) is 22.3 Å². The summed E-state index contributed by atoms with van der Waals surface area (Å²) in [5.74, 6) is 0.424. The average Bonchev–Trinajstić information content (AvgIpc) is 2.50. The molecule has 0 aliphatic carbocycles. The lowest BCUT2D eigenvalue weighted by atomic mass is 10.1. The fourth-order valence-corrected chi connectivity index (χ4v) is 2.67. The molecule has 2 aromatic rings. The molecule has 0 atom stereocenters. The quantitative estimate of drug-likeness (QED) is 0.770. The maximum absolute atomic E-state index is 12.1. The van der Waals surface area contributed by atoms with Gasteiger partial charge >= 0.3 is 0 Å². The molecule has 1 amide bonds. The van der Waals surface area contributed by atoms with Crippen LogP contribution in [0.25, 0.3) is 0 Å². The third kappa shape index (κ3) is 5.36. The number of aryl methyl sites for hydroxylation is 1. The van der Waals surface area contributed by atoms with Crippen LogP contribution in [0.5, 0.6) is 0 Å². The van der Waals surface area contributed by atoms with Crippen molar-refractivity contribution in [2.75, 3.05) is 11.9 Å². The summed E-state index contributed by atoms with van der Waals surface area (Å²) in [6.07, 6.45) is 2.60. The smallest absolute Gasteiger partial charge is 0.269 e. The number of pyridine rings is 1. The van der Waals surface area contributed by atoms with Crippen molar-refractivity contribution in [1.82, 2.24) is 10.3 Å². The van der Waals surface area contributed by atoms with Crippen molar-refractivity contribution in [3.8, 4) is 0 Å². The zero-order valence-electron chi connectivity index (χ0n) is 13.7. The van der Waals surface area contributed by atoms with Crippen LogP contribution in [0.15, 0.2) is 41.0 Å². The third-order valence-corrected chi connectivity index (χ3v) is 4.06. The molecule has 0 aliphatic rings. The van der Waals surface area contributed by atoms with Gasteiger partial charge in [-0.25, -0.2) is 0 Å². The highest BCUT2D eigenvalue weighted by Crippen LogP contribution is 2.26. The van der Waals surface area contributed by atoms with E-state index in [-0.39, 0.29) is 5.91 Å². The molecule has 2 rings (SSSR count). The van der Waals surface area contributed by atoms with Crippen LogP contribution in [-0.2, 0) is 0 Å². The fourth-order valence-electron chi connectivity index (χ4n) is 2.07. The number of amides is 1. The van der Waals surface area contributed by atoms with Crippen LogP contribution in [-0.4, -0.2) is 17.4 Å². The maximum Gasteiger partial charge on any atom is 0.269 e. The number of aromatic nitrogens is 1. The number of benzene rings is 1. The molecule has 0 aliphatic heterocycles. The van der Waals surface area contributed by atoms with E-state index in [1.165, 1.54) is 5.56 Å². The summed E-state index contributed by atoms with van der Waals surface area (Å²) in [7, 11) is 0. The van der Waals surface area contributed by atoms with Gasteiger partial charge in [-0.2, -0.15) is 0 Å². The lowest BCUT2D eigenvalue weighted by Gasteiger charge is -2.11. The summed E-state index contributed by atoms with van der Waals surface area (Å²) in [5, 5.41) is 6.20. The highest BCUT2D eigenvalue weighted by atomic mass is 79.9. The Morgan fingerprint density at radius 1 is 1.26 bits per heavy atom. The Labute approximate surface area is 145 Å². The average molecular weight is 376 g/mol. The van der Waals surface area contributed by atoms with Crippen molar-refractivity contribution in [1.29, 1.82) is 0 Å². The Morgan fingerprint density at radius 2 is 2.04 bits per heavy atom. The van der Waals surface area contributed by atoms with Crippen molar-refractivity contribution < 1.29 is 4.79 Å². The number of halogens is 1. The number of rotatable bonds is 6. The standard InChI is InChI=1S/C18H22BrN3O/c1-12(2)6-8-21-18(23)17-11-14(7-9-20-17)22-16-5-4-13(3)10-15(16)19/h4-5,7,9-12H,6,8H2,1-3H3,(H,20,22)(H,21,23). The first kappa shape index (κ1) is 17.5. The number of carbonyl (C=O) groups is 1. The molecule has 23 heavy (non-hydrogen) atoms. The minimum Gasteiger partial charge on any atom is -0.354 e. The highest BCUT2D eigenvalue weighted by molar-refractivity contribution is 9.10. The molecule has 0 radical (unpaired) electrons. The second-order valence-electron chi connectivity index (χ2n) is 5.98. The van der Waals surface area contributed by atoms with E-state index in [1.807, 2.05) is 31.2 Å². The summed E-state index contributed by atoms with van der Waals surface area (Å²) in [6.45, 7) is 6.97. The maximum atomic E-state index is 12.1. The van der Waals surface area contributed by atoms with Crippen LogP contribution in [0.2, 0.25) is 0 Å². The van der Waals surface area contributed by atoms with Crippen LogP contribution in [0, 0.1) is 12.8 Å².